The molecule has 0 aliphatic heterocycles. The predicted octanol–water partition coefficient (Wildman–Crippen LogP) is 3.21. The van der Waals surface area contributed by atoms with Crippen molar-refractivity contribution in [3.05, 3.63) is 66.2 Å². The molecule has 1 unspecified atom stereocenters. The molecule has 0 bridgehead atoms. The molecule has 0 spiro atoms. The van der Waals surface area contributed by atoms with Gasteiger partial charge < -0.3 is 9.64 Å². The van der Waals surface area contributed by atoms with Crippen molar-refractivity contribution < 1.29 is 14.3 Å². The zero-order valence-electron chi connectivity index (χ0n) is 13.4. The molecule has 0 aromatic heterocycles. The lowest BCUT2D eigenvalue weighted by Gasteiger charge is -2.25. The highest BCUT2D eigenvalue weighted by atomic mass is 16.5. The number of esters is 1. The van der Waals surface area contributed by atoms with Crippen LogP contribution in [0, 0.1) is 0 Å². The van der Waals surface area contributed by atoms with Crippen LogP contribution in [0.25, 0.3) is 0 Å². The maximum atomic E-state index is 12.6. The Kier molecular flexibility index (Phi) is 5.92. The fraction of sp³-hybridized carbons (Fsp3) is 0.263. The first-order valence-electron chi connectivity index (χ1n) is 7.65. The van der Waals surface area contributed by atoms with E-state index in [-0.39, 0.29) is 5.91 Å². The molecule has 0 fully saturated rings. The summed E-state index contributed by atoms with van der Waals surface area (Å²) in [5, 5.41) is 0. The smallest absolute Gasteiger partial charge is 0.303 e. The Labute approximate surface area is 136 Å². The van der Waals surface area contributed by atoms with Crippen molar-refractivity contribution in [1.29, 1.82) is 0 Å². The average molecular weight is 311 g/mol. The molecule has 120 valence electrons. The number of carbonyl (C=O) groups excluding carboxylic acids is 2. The molecule has 0 N–H and O–H groups in total. The number of rotatable bonds is 6. The van der Waals surface area contributed by atoms with Gasteiger partial charge in [-0.25, -0.2) is 0 Å². The molecule has 0 saturated heterocycles. The number of ether oxygens (including phenoxy) is 1. The van der Waals surface area contributed by atoms with Crippen molar-refractivity contribution in [3.63, 3.8) is 0 Å². The van der Waals surface area contributed by atoms with E-state index in [0.29, 0.717) is 6.54 Å². The molecule has 1 atom stereocenters. The number of carbonyl (C=O) groups is 2. The second-order valence-corrected chi connectivity index (χ2v) is 5.31. The van der Waals surface area contributed by atoms with E-state index >= 15 is 0 Å². The second-order valence-electron chi connectivity index (χ2n) is 5.31. The SMILES string of the molecule is CC(=O)OC(C)C(=O)N(CCc1ccccc1)c1ccccc1. The zero-order chi connectivity index (χ0) is 16.7. The molecule has 23 heavy (non-hydrogen) atoms. The van der Waals surface area contributed by atoms with Crippen LogP contribution in [0.15, 0.2) is 60.7 Å². The molecule has 0 saturated carbocycles. The maximum Gasteiger partial charge on any atom is 0.303 e. The number of hydrogen-bond acceptors (Lipinski definition) is 3. The van der Waals surface area contributed by atoms with Gasteiger partial charge in [0.2, 0.25) is 0 Å². The van der Waals surface area contributed by atoms with Gasteiger partial charge in [0.15, 0.2) is 6.10 Å². The van der Waals surface area contributed by atoms with Crippen molar-refractivity contribution in [3.8, 4) is 0 Å². The third-order valence-electron chi connectivity index (χ3n) is 3.49. The van der Waals surface area contributed by atoms with Crippen molar-refractivity contribution >= 4 is 17.6 Å². The molecule has 2 aromatic rings. The van der Waals surface area contributed by atoms with Gasteiger partial charge in [0.1, 0.15) is 0 Å². The Balaban J connectivity index is 2.15. The van der Waals surface area contributed by atoms with Crippen molar-refractivity contribution in [2.24, 2.45) is 0 Å². The summed E-state index contributed by atoms with van der Waals surface area (Å²) in [4.78, 5) is 25.4. The number of hydrogen-bond donors (Lipinski definition) is 0. The first-order valence-corrected chi connectivity index (χ1v) is 7.65. The molecule has 0 heterocycles. The first kappa shape index (κ1) is 16.7. The number of para-hydroxylation sites is 1. The molecule has 0 radical (unpaired) electrons. The van der Waals surface area contributed by atoms with Crippen LogP contribution in [-0.2, 0) is 20.7 Å². The Morgan fingerprint density at radius 1 is 1.00 bits per heavy atom. The lowest BCUT2D eigenvalue weighted by Crippen LogP contribution is -2.41. The van der Waals surface area contributed by atoms with E-state index in [0.717, 1.165) is 17.7 Å². The summed E-state index contributed by atoms with van der Waals surface area (Å²) in [5.41, 5.74) is 1.95. The van der Waals surface area contributed by atoms with Crippen LogP contribution in [0.2, 0.25) is 0 Å². The number of anilines is 1. The minimum atomic E-state index is -0.802. The van der Waals surface area contributed by atoms with E-state index in [2.05, 4.69) is 0 Å². The van der Waals surface area contributed by atoms with Gasteiger partial charge in [0.25, 0.3) is 5.91 Å². The molecular formula is C19H21NO3. The standard InChI is InChI=1S/C19H21NO3/c1-15(23-16(2)21)19(22)20(18-11-7-4-8-12-18)14-13-17-9-5-3-6-10-17/h3-12,15H,13-14H2,1-2H3. The minimum Gasteiger partial charge on any atom is -0.453 e. The molecular weight excluding hydrogens is 290 g/mol. The lowest BCUT2D eigenvalue weighted by atomic mass is 10.1. The monoisotopic (exact) mass is 311 g/mol. The van der Waals surface area contributed by atoms with E-state index in [1.807, 2.05) is 60.7 Å². The summed E-state index contributed by atoms with van der Waals surface area (Å²) in [6.07, 6.45) is -0.0719. The topological polar surface area (TPSA) is 46.6 Å². The normalized spacial score (nSPS) is 11.6. The van der Waals surface area contributed by atoms with E-state index in [4.69, 9.17) is 4.74 Å². The number of nitrogens with zero attached hydrogens (tertiary/aromatic N) is 1. The summed E-state index contributed by atoms with van der Waals surface area (Å²) in [5.74, 6) is -0.677. The third kappa shape index (κ3) is 4.95. The van der Waals surface area contributed by atoms with Crippen molar-refractivity contribution in [2.75, 3.05) is 11.4 Å². The Bertz CT molecular complexity index is 640. The predicted molar refractivity (Wildman–Crippen MR) is 90.2 cm³/mol. The van der Waals surface area contributed by atoms with Gasteiger partial charge in [0, 0.05) is 19.2 Å². The van der Waals surface area contributed by atoms with Gasteiger partial charge in [-0.05, 0) is 31.0 Å². The molecule has 0 aliphatic carbocycles. The lowest BCUT2D eigenvalue weighted by molar-refractivity contribution is -0.151. The van der Waals surface area contributed by atoms with Crippen LogP contribution in [0.5, 0.6) is 0 Å². The highest BCUT2D eigenvalue weighted by Gasteiger charge is 2.23. The zero-order valence-corrected chi connectivity index (χ0v) is 13.4. The molecule has 0 aliphatic rings. The molecule has 4 nitrogen and oxygen atoms in total. The summed E-state index contributed by atoms with van der Waals surface area (Å²) in [7, 11) is 0. The highest BCUT2D eigenvalue weighted by molar-refractivity contribution is 5.97. The Morgan fingerprint density at radius 2 is 1.57 bits per heavy atom. The van der Waals surface area contributed by atoms with Gasteiger partial charge in [-0.1, -0.05) is 48.5 Å². The highest BCUT2D eigenvalue weighted by Crippen LogP contribution is 2.16. The quantitative estimate of drug-likeness (QED) is 0.770. The van der Waals surface area contributed by atoms with Gasteiger partial charge in [-0.3, -0.25) is 9.59 Å². The Hall–Kier alpha value is -2.62. The van der Waals surface area contributed by atoms with Crippen LogP contribution < -0.4 is 4.90 Å². The van der Waals surface area contributed by atoms with Crippen LogP contribution >= 0.6 is 0 Å². The minimum absolute atomic E-state index is 0.220. The summed E-state index contributed by atoms with van der Waals surface area (Å²) in [6.45, 7) is 3.43. The van der Waals surface area contributed by atoms with Crippen molar-refractivity contribution in [1.82, 2.24) is 0 Å². The second kappa shape index (κ2) is 8.13. The molecule has 2 rings (SSSR count). The van der Waals surface area contributed by atoms with Crippen molar-refractivity contribution in [2.45, 2.75) is 26.4 Å². The van der Waals surface area contributed by atoms with Gasteiger partial charge in [-0.15, -0.1) is 0 Å². The van der Waals surface area contributed by atoms with Crippen LogP contribution in [0.4, 0.5) is 5.69 Å². The molecule has 2 aromatic carbocycles. The fourth-order valence-corrected chi connectivity index (χ4v) is 2.38. The molecule has 1 amide bonds. The van der Waals surface area contributed by atoms with Crippen LogP contribution in [-0.4, -0.2) is 24.5 Å². The fourth-order valence-electron chi connectivity index (χ4n) is 2.38. The average Bonchev–Trinajstić information content (AvgIpc) is 2.56. The summed E-state index contributed by atoms with van der Waals surface area (Å²) in [6, 6.07) is 19.4. The van der Waals surface area contributed by atoms with E-state index in [9.17, 15) is 9.59 Å². The summed E-state index contributed by atoms with van der Waals surface area (Å²) < 4.78 is 5.04. The van der Waals surface area contributed by atoms with Crippen LogP contribution in [0.3, 0.4) is 0 Å². The Morgan fingerprint density at radius 3 is 2.13 bits per heavy atom. The first-order chi connectivity index (χ1) is 11.1. The maximum absolute atomic E-state index is 12.6. The van der Waals surface area contributed by atoms with Gasteiger partial charge in [0.05, 0.1) is 0 Å². The summed E-state index contributed by atoms with van der Waals surface area (Å²) >= 11 is 0. The number of benzene rings is 2. The molecule has 4 heteroatoms. The largest absolute Gasteiger partial charge is 0.453 e. The van der Waals surface area contributed by atoms with E-state index in [1.165, 1.54) is 6.92 Å². The number of amides is 1. The van der Waals surface area contributed by atoms with Crippen LogP contribution in [0.1, 0.15) is 19.4 Å². The van der Waals surface area contributed by atoms with Gasteiger partial charge in [-0.2, -0.15) is 0 Å². The van der Waals surface area contributed by atoms with Gasteiger partial charge >= 0.3 is 5.97 Å². The van der Waals surface area contributed by atoms with E-state index < -0.39 is 12.1 Å². The third-order valence-corrected chi connectivity index (χ3v) is 3.49. The van der Waals surface area contributed by atoms with E-state index in [1.54, 1.807) is 11.8 Å².